The van der Waals surface area contributed by atoms with Gasteiger partial charge in [0.15, 0.2) is 0 Å². The highest BCUT2D eigenvalue weighted by Gasteiger charge is 2.16. The number of aryl methyl sites for hydroxylation is 3. The monoisotopic (exact) mass is 371 g/mol. The first-order valence-electron chi connectivity index (χ1n) is 9.00. The van der Waals surface area contributed by atoms with E-state index in [4.69, 9.17) is 5.73 Å². The molecule has 0 radical (unpaired) electrons. The van der Waals surface area contributed by atoms with E-state index in [1.165, 1.54) is 0 Å². The lowest BCUT2D eigenvalue weighted by Crippen LogP contribution is -2.07. The van der Waals surface area contributed by atoms with Crippen molar-refractivity contribution in [1.82, 2.24) is 14.8 Å². The number of nitriles is 2. The van der Waals surface area contributed by atoms with E-state index in [0.717, 1.165) is 23.5 Å². The summed E-state index contributed by atoms with van der Waals surface area (Å²) in [5.74, 6) is 0.351. The number of aromatic nitrogens is 3. The minimum atomic E-state index is 0.351. The summed E-state index contributed by atoms with van der Waals surface area (Å²) in [6.45, 7) is 4.37. The van der Waals surface area contributed by atoms with Gasteiger partial charge >= 0.3 is 0 Å². The van der Waals surface area contributed by atoms with Gasteiger partial charge in [-0.3, -0.25) is 4.98 Å². The Morgan fingerprint density at radius 3 is 2.50 bits per heavy atom. The standard InChI is InChI=1S/C21H21N7/c1-14-11-20(17(12-22)15(2)26-14)25-10-6-9-19-18(13-23)21(24)28(27-19)16-7-4-3-5-8-16/h3-5,7-8,11H,6,9-10,24H2,1-2H3,(H,25,26). The number of para-hydroxylation sites is 1. The van der Waals surface area contributed by atoms with Crippen LogP contribution in [0.5, 0.6) is 0 Å². The summed E-state index contributed by atoms with van der Waals surface area (Å²) in [5, 5.41) is 26.7. The van der Waals surface area contributed by atoms with Crippen LogP contribution in [0, 0.1) is 36.5 Å². The van der Waals surface area contributed by atoms with Crippen molar-refractivity contribution in [3.63, 3.8) is 0 Å². The number of nitrogen functional groups attached to an aromatic ring is 1. The van der Waals surface area contributed by atoms with Gasteiger partial charge in [0.2, 0.25) is 0 Å². The highest BCUT2D eigenvalue weighted by molar-refractivity contribution is 5.60. The predicted octanol–water partition coefficient (Wildman–Crippen LogP) is 3.25. The molecule has 28 heavy (non-hydrogen) atoms. The second kappa shape index (κ2) is 8.24. The summed E-state index contributed by atoms with van der Waals surface area (Å²) in [6.07, 6.45) is 1.34. The molecule has 7 nitrogen and oxygen atoms in total. The van der Waals surface area contributed by atoms with Crippen LogP contribution in [-0.2, 0) is 6.42 Å². The van der Waals surface area contributed by atoms with Crippen LogP contribution < -0.4 is 11.1 Å². The first-order valence-corrected chi connectivity index (χ1v) is 9.00. The lowest BCUT2D eigenvalue weighted by atomic mass is 10.1. The lowest BCUT2D eigenvalue weighted by Gasteiger charge is -2.10. The number of rotatable bonds is 6. The van der Waals surface area contributed by atoms with Crippen LogP contribution in [0.4, 0.5) is 11.5 Å². The van der Waals surface area contributed by atoms with Crippen LogP contribution in [0.1, 0.15) is 34.6 Å². The fourth-order valence-electron chi connectivity index (χ4n) is 3.13. The van der Waals surface area contributed by atoms with Gasteiger partial charge in [0, 0.05) is 12.2 Å². The number of nitrogens with two attached hydrogens (primary N) is 1. The molecule has 0 spiro atoms. The number of nitrogens with one attached hydrogen (secondary N) is 1. The van der Waals surface area contributed by atoms with Gasteiger partial charge in [-0.1, -0.05) is 18.2 Å². The first-order chi connectivity index (χ1) is 13.5. The van der Waals surface area contributed by atoms with Crippen LogP contribution in [0.3, 0.4) is 0 Å². The molecule has 3 aromatic rings. The molecule has 3 rings (SSSR count). The molecule has 0 saturated carbocycles. The molecule has 0 atom stereocenters. The van der Waals surface area contributed by atoms with Gasteiger partial charge in [0.1, 0.15) is 23.5 Å². The van der Waals surface area contributed by atoms with E-state index in [0.29, 0.717) is 41.3 Å². The van der Waals surface area contributed by atoms with Crippen molar-refractivity contribution in [2.45, 2.75) is 26.7 Å². The molecular formula is C21H21N7. The molecule has 2 aromatic heterocycles. The molecular weight excluding hydrogens is 350 g/mol. The van der Waals surface area contributed by atoms with Crippen molar-refractivity contribution in [3.8, 4) is 17.8 Å². The maximum atomic E-state index is 9.48. The van der Waals surface area contributed by atoms with E-state index in [1.807, 2.05) is 50.2 Å². The van der Waals surface area contributed by atoms with Crippen LogP contribution in [-0.4, -0.2) is 21.3 Å². The van der Waals surface area contributed by atoms with E-state index in [9.17, 15) is 10.5 Å². The van der Waals surface area contributed by atoms with Crippen LogP contribution >= 0.6 is 0 Å². The molecule has 0 aliphatic carbocycles. The normalized spacial score (nSPS) is 10.3. The quantitative estimate of drug-likeness (QED) is 0.642. The minimum Gasteiger partial charge on any atom is -0.384 e. The Balaban J connectivity index is 1.71. The zero-order valence-electron chi connectivity index (χ0n) is 15.9. The van der Waals surface area contributed by atoms with Gasteiger partial charge in [-0.2, -0.15) is 15.6 Å². The highest BCUT2D eigenvalue weighted by Crippen LogP contribution is 2.22. The van der Waals surface area contributed by atoms with E-state index in [1.54, 1.807) is 4.68 Å². The fraction of sp³-hybridized carbons (Fsp3) is 0.238. The molecule has 3 N–H and O–H groups in total. The summed E-state index contributed by atoms with van der Waals surface area (Å²) >= 11 is 0. The second-order valence-electron chi connectivity index (χ2n) is 6.48. The molecule has 1 aromatic carbocycles. The number of benzene rings is 1. The van der Waals surface area contributed by atoms with Gasteiger partial charge in [0.05, 0.1) is 28.3 Å². The molecule has 0 aliphatic heterocycles. The van der Waals surface area contributed by atoms with E-state index in [-0.39, 0.29) is 0 Å². The number of nitrogens with zero attached hydrogens (tertiary/aromatic N) is 5. The molecule has 0 amide bonds. The molecule has 7 heteroatoms. The number of hydrogen-bond acceptors (Lipinski definition) is 6. The summed E-state index contributed by atoms with van der Waals surface area (Å²) in [4.78, 5) is 4.32. The van der Waals surface area contributed by atoms with Crippen LogP contribution in [0.2, 0.25) is 0 Å². The second-order valence-corrected chi connectivity index (χ2v) is 6.48. The topological polar surface area (TPSA) is 116 Å². The number of pyridine rings is 1. The molecule has 0 saturated heterocycles. The van der Waals surface area contributed by atoms with Crippen molar-refractivity contribution < 1.29 is 0 Å². The average molecular weight is 371 g/mol. The molecule has 0 fully saturated rings. The lowest BCUT2D eigenvalue weighted by molar-refractivity contribution is 0.790. The third-order valence-corrected chi connectivity index (χ3v) is 4.45. The summed E-state index contributed by atoms with van der Waals surface area (Å²) < 4.78 is 1.60. The van der Waals surface area contributed by atoms with E-state index < -0.39 is 0 Å². The Morgan fingerprint density at radius 2 is 1.82 bits per heavy atom. The third kappa shape index (κ3) is 3.79. The maximum Gasteiger partial charge on any atom is 0.145 e. The Hall–Kier alpha value is -3.84. The van der Waals surface area contributed by atoms with E-state index >= 15 is 0 Å². The van der Waals surface area contributed by atoms with Crippen molar-refractivity contribution in [3.05, 3.63) is 64.6 Å². The predicted molar refractivity (Wildman–Crippen MR) is 108 cm³/mol. The molecule has 0 bridgehead atoms. The Labute approximate surface area is 164 Å². The Morgan fingerprint density at radius 1 is 1.11 bits per heavy atom. The van der Waals surface area contributed by atoms with Gasteiger partial charge in [-0.25, -0.2) is 4.68 Å². The maximum absolute atomic E-state index is 9.48. The largest absolute Gasteiger partial charge is 0.384 e. The first kappa shape index (κ1) is 18.9. The minimum absolute atomic E-state index is 0.351. The molecule has 0 aliphatic rings. The zero-order valence-corrected chi connectivity index (χ0v) is 15.9. The average Bonchev–Trinajstić information content (AvgIpc) is 3.01. The summed E-state index contributed by atoms with van der Waals surface area (Å²) in [6, 6.07) is 15.7. The van der Waals surface area contributed by atoms with Crippen molar-refractivity contribution in [1.29, 1.82) is 10.5 Å². The number of hydrogen-bond donors (Lipinski definition) is 2. The molecule has 0 unspecified atom stereocenters. The van der Waals surface area contributed by atoms with Crippen LogP contribution in [0.25, 0.3) is 5.69 Å². The van der Waals surface area contributed by atoms with E-state index in [2.05, 4.69) is 27.5 Å². The summed E-state index contributed by atoms with van der Waals surface area (Å²) in [5.41, 5.74) is 11.0. The van der Waals surface area contributed by atoms with Crippen molar-refractivity contribution in [2.24, 2.45) is 0 Å². The fourth-order valence-corrected chi connectivity index (χ4v) is 3.13. The van der Waals surface area contributed by atoms with Gasteiger partial charge < -0.3 is 11.1 Å². The van der Waals surface area contributed by atoms with Gasteiger partial charge in [-0.15, -0.1) is 0 Å². The van der Waals surface area contributed by atoms with Crippen molar-refractivity contribution >= 4 is 11.5 Å². The highest BCUT2D eigenvalue weighted by atomic mass is 15.3. The van der Waals surface area contributed by atoms with Crippen LogP contribution in [0.15, 0.2) is 36.4 Å². The molecule has 2 heterocycles. The third-order valence-electron chi connectivity index (χ3n) is 4.45. The van der Waals surface area contributed by atoms with Gasteiger partial charge in [-0.05, 0) is 44.9 Å². The Bertz CT molecular complexity index is 1070. The summed E-state index contributed by atoms with van der Waals surface area (Å²) in [7, 11) is 0. The molecule has 140 valence electrons. The zero-order chi connectivity index (χ0) is 20.1. The Kier molecular flexibility index (Phi) is 5.57. The smallest absolute Gasteiger partial charge is 0.145 e. The SMILES string of the molecule is Cc1cc(NCCCc2nn(-c3ccccc3)c(N)c2C#N)c(C#N)c(C)n1. The number of anilines is 2. The van der Waals surface area contributed by atoms with Gasteiger partial charge in [0.25, 0.3) is 0 Å². The van der Waals surface area contributed by atoms with Crippen molar-refractivity contribution in [2.75, 3.05) is 17.6 Å².